The van der Waals surface area contributed by atoms with E-state index in [1.807, 2.05) is 47.4 Å². The van der Waals surface area contributed by atoms with E-state index in [-0.39, 0.29) is 5.91 Å². The Morgan fingerprint density at radius 1 is 1.09 bits per heavy atom. The number of pyridine rings is 1. The molecule has 1 heterocycles. The standard InChI is InChI=1S/C24H23ClF3N3O/c1-29-23(32)22(18-8-3-2-4-9-18)31(20-11-5-10-19(25)15-20)14-6-7-17-12-13-21(30-16-17)24(26,27)28/h2-5,8-13,15-16,22H,6-7,14H2,1H3,(H,29,32)/t22-/m0/s1. The zero-order valence-corrected chi connectivity index (χ0v) is 18.2. The van der Waals surface area contributed by atoms with Crippen LogP contribution in [0, 0.1) is 0 Å². The summed E-state index contributed by atoms with van der Waals surface area (Å²) in [6.07, 6.45) is -2.10. The van der Waals surface area contributed by atoms with E-state index in [4.69, 9.17) is 11.6 Å². The first kappa shape index (κ1) is 23.6. The first-order chi connectivity index (χ1) is 15.3. The lowest BCUT2D eigenvalue weighted by molar-refractivity contribution is -0.141. The summed E-state index contributed by atoms with van der Waals surface area (Å²) in [7, 11) is 1.59. The number of benzene rings is 2. The van der Waals surface area contributed by atoms with Crippen LogP contribution in [-0.2, 0) is 17.4 Å². The van der Waals surface area contributed by atoms with Crippen LogP contribution in [0.4, 0.5) is 18.9 Å². The fraction of sp³-hybridized carbons (Fsp3) is 0.250. The number of alkyl halides is 3. The van der Waals surface area contributed by atoms with Crippen molar-refractivity contribution in [3.05, 3.63) is 94.8 Å². The Hall–Kier alpha value is -3.06. The molecule has 2 aromatic carbocycles. The number of likely N-dealkylation sites (N-methyl/N-ethyl adjacent to an activating group) is 1. The van der Waals surface area contributed by atoms with Crippen LogP contribution < -0.4 is 10.2 Å². The minimum Gasteiger partial charge on any atom is -0.357 e. The zero-order valence-electron chi connectivity index (χ0n) is 17.4. The largest absolute Gasteiger partial charge is 0.433 e. The molecule has 0 fully saturated rings. The number of amides is 1. The SMILES string of the molecule is CNC(=O)[C@H](c1ccccc1)N(CCCc1ccc(C(F)(F)F)nc1)c1cccc(Cl)c1. The van der Waals surface area contributed by atoms with Crippen LogP contribution in [0.5, 0.6) is 0 Å². The Balaban J connectivity index is 1.84. The predicted octanol–water partition coefficient (Wildman–Crippen LogP) is 5.68. The number of hydrogen-bond acceptors (Lipinski definition) is 3. The number of anilines is 1. The van der Waals surface area contributed by atoms with Crippen molar-refractivity contribution in [2.45, 2.75) is 25.1 Å². The van der Waals surface area contributed by atoms with Crippen LogP contribution >= 0.6 is 11.6 Å². The van der Waals surface area contributed by atoms with Crippen molar-refractivity contribution in [3.63, 3.8) is 0 Å². The molecule has 3 rings (SSSR count). The molecule has 1 N–H and O–H groups in total. The van der Waals surface area contributed by atoms with E-state index >= 15 is 0 Å². The molecule has 3 aromatic rings. The number of hydrogen-bond donors (Lipinski definition) is 1. The second-order valence-electron chi connectivity index (χ2n) is 7.25. The molecule has 1 aromatic heterocycles. The van der Waals surface area contributed by atoms with E-state index in [2.05, 4.69) is 10.3 Å². The molecule has 0 radical (unpaired) electrons. The van der Waals surface area contributed by atoms with Crippen molar-refractivity contribution in [1.82, 2.24) is 10.3 Å². The van der Waals surface area contributed by atoms with Gasteiger partial charge in [0.2, 0.25) is 5.91 Å². The van der Waals surface area contributed by atoms with E-state index in [0.29, 0.717) is 30.0 Å². The number of aromatic nitrogens is 1. The minimum atomic E-state index is -4.46. The van der Waals surface area contributed by atoms with Gasteiger partial charge in [0.15, 0.2) is 0 Å². The molecule has 0 saturated heterocycles. The molecule has 0 saturated carbocycles. The second kappa shape index (κ2) is 10.5. The van der Waals surface area contributed by atoms with Crippen molar-refractivity contribution in [2.75, 3.05) is 18.5 Å². The molecule has 1 amide bonds. The van der Waals surface area contributed by atoms with E-state index in [1.165, 1.54) is 12.3 Å². The maximum absolute atomic E-state index is 12.9. The maximum Gasteiger partial charge on any atom is 0.433 e. The van der Waals surface area contributed by atoms with Gasteiger partial charge in [0.25, 0.3) is 0 Å². The average Bonchev–Trinajstić information content (AvgIpc) is 2.78. The molecular formula is C24H23ClF3N3O. The molecule has 0 aliphatic carbocycles. The lowest BCUT2D eigenvalue weighted by Crippen LogP contribution is -2.40. The van der Waals surface area contributed by atoms with Crippen molar-refractivity contribution in [3.8, 4) is 0 Å². The summed E-state index contributed by atoms with van der Waals surface area (Å²) in [5, 5.41) is 3.27. The Morgan fingerprint density at radius 2 is 1.84 bits per heavy atom. The Morgan fingerprint density at radius 3 is 2.44 bits per heavy atom. The van der Waals surface area contributed by atoms with E-state index < -0.39 is 17.9 Å². The molecule has 8 heteroatoms. The third-order valence-corrected chi connectivity index (χ3v) is 5.28. The third kappa shape index (κ3) is 6.01. The van der Waals surface area contributed by atoms with Crippen LogP contribution in [0.2, 0.25) is 5.02 Å². The molecule has 0 aliphatic heterocycles. The van der Waals surface area contributed by atoms with Crippen LogP contribution in [0.3, 0.4) is 0 Å². The first-order valence-electron chi connectivity index (χ1n) is 10.1. The quantitative estimate of drug-likeness (QED) is 0.469. The van der Waals surface area contributed by atoms with Crippen LogP contribution in [0.1, 0.15) is 29.3 Å². The van der Waals surface area contributed by atoms with Gasteiger partial charge < -0.3 is 10.2 Å². The molecule has 1 atom stereocenters. The lowest BCUT2D eigenvalue weighted by Gasteiger charge is -2.33. The van der Waals surface area contributed by atoms with Crippen LogP contribution in [-0.4, -0.2) is 24.5 Å². The van der Waals surface area contributed by atoms with Crippen molar-refractivity contribution in [2.24, 2.45) is 0 Å². The van der Waals surface area contributed by atoms with Gasteiger partial charge in [0, 0.05) is 30.5 Å². The monoisotopic (exact) mass is 461 g/mol. The van der Waals surface area contributed by atoms with Crippen molar-refractivity contribution < 1.29 is 18.0 Å². The fourth-order valence-electron chi connectivity index (χ4n) is 3.50. The number of carbonyl (C=O) groups is 1. The van der Waals surface area contributed by atoms with Crippen LogP contribution in [0.15, 0.2) is 72.9 Å². The van der Waals surface area contributed by atoms with Gasteiger partial charge in [-0.1, -0.05) is 54.1 Å². The van der Waals surface area contributed by atoms with Crippen LogP contribution in [0.25, 0.3) is 0 Å². The van der Waals surface area contributed by atoms with Gasteiger partial charge >= 0.3 is 6.18 Å². The molecule has 4 nitrogen and oxygen atoms in total. The number of nitrogens with zero attached hydrogens (tertiary/aromatic N) is 2. The smallest absolute Gasteiger partial charge is 0.357 e. The van der Waals surface area contributed by atoms with Gasteiger partial charge in [-0.15, -0.1) is 0 Å². The van der Waals surface area contributed by atoms with Crippen molar-refractivity contribution >= 4 is 23.2 Å². The van der Waals surface area contributed by atoms with E-state index in [9.17, 15) is 18.0 Å². The summed E-state index contributed by atoms with van der Waals surface area (Å²) in [4.78, 5) is 18.4. The molecule has 0 aliphatic rings. The Kier molecular flexibility index (Phi) is 7.75. The lowest BCUT2D eigenvalue weighted by atomic mass is 10.0. The average molecular weight is 462 g/mol. The highest BCUT2D eigenvalue weighted by molar-refractivity contribution is 6.30. The second-order valence-corrected chi connectivity index (χ2v) is 7.69. The van der Waals surface area contributed by atoms with E-state index in [0.717, 1.165) is 17.3 Å². The third-order valence-electron chi connectivity index (χ3n) is 5.04. The summed E-state index contributed by atoms with van der Waals surface area (Å²) < 4.78 is 38.2. The zero-order chi connectivity index (χ0) is 23.1. The molecule has 0 spiro atoms. The van der Waals surface area contributed by atoms with Gasteiger partial charge in [-0.3, -0.25) is 9.78 Å². The Labute approximate surface area is 190 Å². The number of rotatable bonds is 8. The fourth-order valence-corrected chi connectivity index (χ4v) is 3.69. The number of halogens is 4. The predicted molar refractivity (Wildman–Crippen MR) is 120 cm³/mol. The molecule has 168 valence electrons. The molecule has 32 heavy (non-hydrogen) atoms. The summed E-state index contributed by atoms with van der Waals surface area (Å²) >= 11 is 6.21. The van der Waals surface area contributed by atoms with E-state index in [1.54, 1.807) is 19.2 Å². The maximum atomic E-state index is 12.9. The number of aryl methyl sites for hydroxylation is 1. The number of carbonyl (C=O) groups excluding carboxylic acids is 1. The Bertz CT molecular complexity index is 1030. The highest BCUT2D eigenvalue weighted by atomic mass is 35.5. The topological polar surface area (TPSA) is 45.2 Å². The van der Waals surface area contributed by atoms with Gasteiger partial charge in [-0.05, 0) is 48.2 Å². The molecule has 0 bridgehead atoms. The highest BCUT2D eigenvalue weighted by Crippen LogP contribution is 2.30. The molecule has 0 unspecified atom stereocenters. The summed E-state index contributed by atoms with van der Waals surface area (Å²) in [5.41, 5.74) is 1.38. The normalized spacial score (nSPS) is 12.3. The molecular weight excluding hydrogens is 439 g/mol. The van der Waals surface area contributed by atoms with Gasteiger partial charge in [-0.25, -0.2) is 0 Å². The summed E-state index contributed by atoms with van der Waals surface area (Å²) in [5.74, 6) is -0.174. The van der Waals surface area contributed by atoms with Gasteiger partial charge in [-0.2, -0.15) is 13.2 Å². The first-order valence-corrected chi connectivity index (χ1v) is 10.5. The van der Waals surface area contributed by atoms with Gasteiger partial charge in [0.05, 0.1) is 0 Å². The minimum absolute atomic E-state index is 0.174. The highest BCUT2D eigenvalue weighted by Gasteiger charge is 2.32. The summed E-state index contributed by atoms with van der Waals surface area (Å²) in [6.45, 7) is 0.481. The van der Waals surface area contributed by atoms with Gasteiger partial charge in [0.1, 0.15) is 11.7 Å². The summed E-state index contributed by atoms with van der Waals surface area (Å²) in [6, 6.07) is 18.5. The number of nitrogens with one attached hydrogen (secondary N) is 1. The van der Waals surface area contributed by atoms with Crippen molar-refractivity contribution in [1.29, 1.82) is 0 Å².